The zero-order chi connectivity index (χ0) is 22.1. The number of ether oxygens (including phenoxy) is 1. The summed E-state index contributed by atoms with van der Waals surface area (Å²) >= 11 is 0. The van der Waals surface area contributed by atoms with Crippen LogP contribution in [0.4, 0.5) is 4.39 Å². The van der Waals surface area contributed by atoms with Gasteiger partial charge in [0.05, 0.1) is 12.5 Å². The summed E-state index contributed by atoms with van der Waals surface area (Å²) in [5.41, 5.74) is 5.65. The third kappa shape index (κ3) is 3.84. The molecule has 0 aromatic heterocycles. The molecule has 2 atom stereocenters. The number of benzene rings is 2. The SMILES string of the molecule is O=C1C[C@@H](O)C[C@H](C=CC2=C(c3ccc(F)cc3)C=C(c3ccccc3)C23CCCC3)O1. The first-order chi connectivity index (χ1) is 15.5. The third-order valence-corrected chi connectivity index (χ3v) is 6.97. The van der Waals surface area contributed by atoms with Gasteiger partial charge in [0.2, 0.25) is 0 Å². The van der Waals surface area contributed by atoms with Crippen molar-refractivity contribution in [2.24, 2.45) is 5.41 Å². The minimum Gasteiger partial charge on any atom is -0.458 e. The van der Waals surface area contributed by atoms with Crippen LogP contribution in [-0.4, -0.2) is 23.3 Å². The maximum absolute atomic E-state index is 13.7. The van der Waals surface area contributed by atoms with Crippen molar-refractivity contribution in [1.29, 1.82) is 0 Å². The predicted octanol–water partition coefficient (Wildman–Crippen LogP) is 5.86. The standard InChI is InChI=1S/C28H27FO3/c29-21-10-8-19(9-11-21)24-18-26(20-6-2-1-3-7-20)28(14-4-5-15-28)25(24)13-12-23-16-22(30)17-27(31)32-23/h1-3,6-13,18,22-23,30H,4-5,14-17H2/t22-,23-/m0/s1. The number of aliphatic hydroxyl groups excluding tert-OH is 1. The molecule has 32 heavy (non-hydrogen) atoms. The highest BCUT2D eigenvalue weighted by Crippen LogP contribution is 2.59. The van der Waals surface area contributed by atoms with Crippen molar-refractivity contribution in [1.82, 2.24) is 0 Å². The van der Waals surface area contributed by atoms with Crippen LogP contribution in [0.2, 0.25) is 0 Å². The number of carbonyl (C=O) groups is 1. The maximum atomic E-state index is 13.7. The summed E-state index contributed by atoms with van der Waals surface area (Å²) in [6, 6.07) is 17.1. The molecule has 1 saturated heterocycles. The Bertz CT molecular complexity index is 1090. The van der Waals surface area contributed by atoms with Crippen LogP contribution in [-0.2, 0) is 9.53 Å². The molecule has 2 fully saturated rings. The first-order valence-corrected chi connectivity index (χ1v) is 11.4. The molecule has 1 heterocycles. The molecule has 2 aromatic rings. The number of allylic oxidation sites excluding steroid dienone is 5. The van der Waals surface area contributed by atoms with E-state index in [1.54, 1.807) is 0 Å². The number of cyclic esters (lactones) is 1. The summed E-state index contributed by atoms with van der Waals surface area (Å²) in [5, 5.41) is 10.0. The third-order valence-electron chi connectivity index (χ3n) is 6.97. The molecule has 0 bridgehead atoms. The normalized spacial score (nSPS) is 24.9. The molecular formula is C28H27FO3. The van der Waals surface area contributed by atoms with Gasteiger partial charge in [-0.15, -0.1) is 0 Å². The van der Waals surface area contributed by atoms with Gasteiger partial charge in [-0.3, -0.25) is 4.79 Å². The van der Waals surface area contributed by atoms with Gasteiger partial charge in [-0.1, -0.05) is 61.4 Å². The van der Waals surface area contributed by atoms with Crippen LogP contribution in [0, 0.1) is 11.2 Å². The Morgan fingerprint density at radius 3 is 2.41 bits per heavy atom. The Hall–Kier alpha value is -2.98. The lowest BCUT2D eigenvalue weighted by Gasteiger charge is -2.31. The van der Waals surface area contributed by atoms with Gasteiger partial charge >= 0.3 is 5.97 Å². The monoisotopic (exact) mass is 430 g/mol. The minimum atomic E-state index is -0.668. The molecule has 2 aliphatic carbocycles. The number of halogens is 1. The van der Waals surface area contributed by atoms with E-state index in [2.05, 4.69) is 36.4 Å². The second-order valence-electron chi connectivity index (χ2n) is 9.03. The van der Waals surface area contributed by atoms with Gasteiger partial charge in [-0.25, -0.2) is 4.39 Å². The lowest BCUT2D eigenvalue weighted by atomic mass is 9.72. The summed E-state index contributed by atoms with van der Waals surface area (Å²) in [7, 11) is 0. The predicted molar refractivity (Wildman–Crippen MR) is 123 cm³/mol. The quantitative estimate of drug-likeness (QED) is 0.618. The van der Waals surface area contributed by atoms with Gasteiger partial charge in [-0.05, 0) is 65.0 Å². The summed E-state index contributed by atoms with van der Waals surface area (Å²) < 4.78 is 19.1. The lowest BCUT2D eigenvalue weighted by Crippen LogP contribution is -2.31. The van der Waals surface area contributed by atoms with Gasteiger partial charge in [-0.2, -0.15) is 0 Å². The van der Waals surface area contributed by atoms with Crippen LogP contribution >= 0.6 is 0 Å². The first kappa shape index (κ1) is 20.9. The largest absolute Gasteiger partial charge is 0.458 e. The van der Waals surface area contributed by atoms with Crippen LogP contribution in [0.1, 0.15) is 49.7 Å². The molecule has 4 heteroatoms. The topological polar surface area (TPSA) is 46.5 Å². The summed E-state index contributed by atoms with van der Waals surface area (Å²) in [5.74, 6) is -0.619. The van der Waals surface area contributed by atoms with Gasteiger partial charge in [0.25, 0.3) is 0 Å². The molecule has 1 aliphatic heterocycles. The van der Waals surface area contributed by atoms with Crippen LogP contribution in [0.3, 0.4) is 0 Å². The fraction of sp³-hybridized carbons (Fsp3) is 0.321. The molecule has 0 unspecified atom stereocenters. The van der Waals surface area contributed by atoms with Gasteiger partial charge < -0.3 is 9.84 Å². The molecule has 1 saturated carbocycles. The number of carbonyl (C=O) groups excluding carboxylic acids is 1. The highest BCUT2D eigenvalue weighted by molar-refractivity contribution is 5.96. The molecule has 0 radical (unpaired) electrons. The number of hydrogen-bond donors (Lipinski definition) is 1. The molecular weight excluding hydrogens is 403 g/mol. The fourth-order valence-electron chi connectivity index (χ4n) is 5.51. The average molecular weight is 431 g/mol. The molecule has 3 nitrogen and oxygen atoms in total. The summed E-state index contributed by atoms with van der Waals surface area (Å²) in [6.45, 7) is 0. The van der Waals surface area contributed by atoms with Crippen molar-refractivity contribution < 1.29 is 19.0 Å². The van der Waals surface area contributed by atoms with E-state index in [1.165, 1.54) is 28.8 Å². The zero-order valence-corrected chi connectivity index (χ0v) is 18.0. The molecule has 1 spiro atoms. The Morgan fingerprint density at radius 2 is 1.72 bits per heavy atom. The van der Waals surface area contributed by atoms with E-state index in [0.29, 0.717) is 6.42 Å². The van der Waals surface area contributed by atoms with Gasteiger partial charge in [0.15, 0.2) is 0 Å². The highest BCUT2D eigenvalue weighted by Gasteiger charge is 2.45. The highest BCUT2D eigenvalue weighted by atomic mass is 19.1. The van der Waals surface area contributed by atoms with E-state index in [1.807, 2.05) is 24.3 Å². The van der Waals surface area contributed by atoms with Crippen molar-refractivity contribution in [3.63, 3.8) is 0 Å². The molecule has 164 valence electrons. The zero-order valence-electron chi connectivity index (χ0n) is 18.0. The van der Waals surface area contributed by atoms with Crippen LogP contribution in [0.15, 0.2) is 78.4 Å². The summed E-state index contributed by atoms with van der Waals surface area (Å²) in [6.07, 6.45) is 10.0. The molecule has 3 aliphatic rings. The van der Waals surface area contributed by atoms with Crippen LogP contribution in [0.5, 0.6) is 0 Å². The maximum Gasteiger partial charge on any atom is 0.309 e. The Balaban J connectivity index is 1.61. The fourth-order valence-corrected chi connectivity index (χ4v) is 5.51. The Labute approximate surface area is 187 Å². The van der Waals surface area contributed by atoms with Crippen molar-refractivity contribution in [2.45, 2.75) is 50.7 Å². The second kappa shape index (κ2) is 8.51. The average Bonchev–Trinajstić information content (AvgIpc) is 3.39. The van der Waals surface area contributed by atoms with Crippen molar-refractivity contribution in [3.8, 4) is 0 Å². The Morgan fingerprint density at radius 1 is 1.00 bits per heavy atom. The van der Waals surface area contributed by atoms with E-state index in [4.69, 9.17) is 4.74 Å². The molecule has 1 N–H and O–H groups in total. The minimum absolute atomic E-state index is 0.0531. The van der Waals surface area contributed by atoms with E-state index < -0.39 is 12.2 Å². The van der Waals surface area contributed by atoms with Crippen LogP contribution < -0.4 is 0 Å². The number of rotatable bonds is 4. The number of aliphatic hydroxyl groups is 1. The van der Waals surface area contributed by atoms with Crippen molar-refractivity contribution >= 4 is 17.1 Å². The van der Waals surface area contributed by atoms with E-state index >= 15 is 0 Å². The number of esters is 1. The lowest BCUT2D eigenvalue weighted by molar-refractivity contribution is -0.156. The Kier molecular flexibility index (Phi) is 5.56. The van der Waals surface area contributed by atoms with Crippen molar-refractivity contribution in [2.75, 3.05) is 0 Å². The van der Waals surface area contributed by atoms with Crippen molar-refractivity contribution in [3.05, 3.63) is 95.3 Å². The first-order valence-electron chi connectivity index (χ1n) is 11.4. The molecule has 5 rings (SSSR count). The van der Waals surface area contributed by atoms with E-state index in [-0.39, 0.29) is 23.6 Å². The second-order valence-corrected chi connectivity index (χ2v) is 9.03. The molecule has 2 aromatic carbocycles. The molecule has 0 amide bonds. The number of hydrogen-bond acceptors (Lipinski definition) is 3. The smallest absolute Gasteiger partial charge is 0.309 e. The van der Waals surface area contributed by atoms with E-state index in [9.17, 15) is 14.3 Å². The summed E-state index contributed by atoms with van der Waals surface area (Å²) in [4.78, 5) is 11.8. The van der Waals surface area contributed by atoms with Gasteiger partial charge in [0.1, 0.15) is 11.9 Å². The van der Waals surface area contributed by atoms with Gasteiger partial charge in [0, 0.05) is 11.8 Å². The van der Waals surface area contributed by atoms with E-state index in [0.717, 1.165) is 36.8 Å². The van der Waals surface area contributed by atoms with Crippen LogP contribution in [0.25, 0.3) is 11.1 Å².